The zero-order valence-electron chi connectivity index (χ0n) is 11.6. The number of thiophene rings is 1. The standard InChI is InChI=1S/C15H18BrNO2S/c1-3-11-4-5-20-14(11)9-17-8-10-6-12(16)15(18)13(7-10)19-2/h4-7,17-18H,3,8-9H2,1-2H3. The predicted octanol–water partition coefficient (Wildman–Crippen LogP) is 4.08. The topological polar surface area (TPSA) is 41.5 Å². The zero-order valence-corrected chi connectivity index (χ0v) is 14.0. The van der Waals surface area contributed by atoms with Crippen LogP contribution in [0.1, 0.15) is 22.9 Å². The summed E-state index contributed by atoms with van der Waals surface area (Å²) in [6.45, 7) is 3.77. The molecule has 0 aliphatic carbocycles. The molecule has 0 aliphatic rings. The molecule has 2 rings (SSSR count). The maximum atomic E-state index is 9.78. The second kappa shape index (κ2) is 7.11. The fourth-order valence-corrected chi connectivity index (χ4v) is 3.48. The van der Waals surface area contributed by atoms with Crippen LogP contribution in [0.4, 0.5) is 0 Å². The Balaban J connectivity index is 1.99. The first-order valence-electron chi connectivity index (χ1n) is 6.47. The third-order valence-electron chi connectivity index (χ3n) is 3.14. The minimum absolute atomic E-state index is 0.141. The molecule has 1 aromatic heterocycles. The van der Waals surface area contributed by atoms with Gasteiger partial charge in [-0.3, -0.25) is 0 Å². The molecule has 1 aromatic carbocycles. The SMILES string of the molecule is CCc1ccsc1CNCc1cc(Br)c(O)c(OC)c1. The highest BCUT2D eigenvalue weighted by Crippen LogP contribution is 2.35. The number of benzene rings is 1. The lowest BCUT2D eigenvalue weighted by atomic mass is 10.2. The first-order valence-corrected chi connectivity index (χ1v) is 8.14. The van der Waals surface area contributed by atoms with E-state index in [1.807, 2.05) is 12.1 Å². The maximum absolute atomic E-state index is 9.78. The highest BCUT2D eigenvalue weighted by atomic mass is 79.9. The summed E-state index contributed by atoms with van der Waals surface area (Å²) in [6.07, 6.45) is 1.07. The van der Waals surface area contributed by atoms with Gasteiger partial charge in [0.15, 0.2) is 11.5 Å². The quantitative estimate of drug-likeness (QED) is 0.820. The summed E-state index contributed by atoms with van der Waals surface area (Å²) < 4.78 is 5.80. The molecule has 5 heteroatoms. The number of halogens is 1. The molecule has 2 N–H and O–H groups in total. The van der Waals surface area contributed by atoms with Crippen LogP contribution in [0, 0.1) is 0 Å². The van der Waals surface area contributed by atoms with Crippen molar-refractivity contribution in [1.82, 2.24) is 5.32 Å². The highest BCUT2D eigenvalue weighted by molar-refractivity contribution is 9.10. The second-order valence-corrected chi connectivity index (χ2v) is 6.31. The van der Waals surface area contributed by atoms with Crippen molar-refractivity contribution in [2.45, 2.75) is 26.4 Å². The average Bonchev–Trinajstić information content (AvgIpc) is 2.90. The number of aryl methyl sites for hydroxylation is 1. The van der Waals surface area contributed by atoms with Crippen molar-refractivity contribution in [2.75, 3.05) is 7.11 Å². The molecule has 0 fully saturated rings. The first-order chi connectivity index (χ1) is 9.65. The normalized spacial score (nSPS) is 10.8. The molecule has 0 saturated carbocycles. The summed E-state index contributed by atoms with van der Waals surface area (Å²) in [5.41, 5.74) is 2.48. The van der Waals surface area contributed by atoms with E-state index in [9.17, 15) is 5.11 Å². The first kappa shape index (κ1) is 15.4. The fourth-order valence-electron chi connectivity index (χ4n) is 2.04. The van der Waals surface area contributed by atoms with Gasteiger partial charge in [-0.25, -0.2) is 0 Å². The van der Waals surface area contributed by atoms with Crippen LogP contribution in [-0.4, -0.2) is 12.2 Å². The summed E-state index contributed by atoms with van der Waals surface area (Å²) in [5.74, 6) is 0.629. The summed E-state index contributed by atoms with van der Waals surface area (Å²) >= 11 is 5.12. The number of methoxy groups -OCH3 is 1. The van der Waals surface area contributed by atoms with E-state index in [1.54, 1.807) is 18.4 Å². The fraction of sp³-hybridized carbons (Fsp3) is 0.333. The van der Waals surface area contributed by atoms with Gasteiger partial charge < -0.3 is 15.2 Å². The molecule has 3 nitrogen and oxygen atoms in total. The number of ether oxygens (including phenoxy) is 1. The lowest BCUT2D eigenvalue weighted by Crippen LogP contribution is -2.12. The molecule has 2 aromatic rings. The predicted molar refractivity (Wildman–Crippen MR) is 86.6 cm³/mol. The van der Waals surface area contributed by atoms with Gasteiger partial charge in [0.2, 0.25) is 0 Å². The Bertz CT molecular complexity index is 583. The molecule has 0 amide bonds. The van der Waals surface area contributed by atoms with E-state index < -0.39 is 0 Å². The number of rotatable bonds is 6. The van der Waals surface area contributed by atoms with Crippen molar-refractivity contribution >= 4 is 27.3 Å². The van der Waals surface area contributed by atoms with Gasteiger partial charge in [-0.2, -0.15) is 0 Å². The van der Waals surface area contributed by atoms with Gasteiger partial charge >= 0.3 is 0 Å². The van der Waals surface area contributed by atoms with Gasteiger partial charge in [0.05, 0.1) is 11.6 Å². The van der Waals surface area contributed by atoms with E-state index in [-0.39, 0.29) is 5.75 Å². The lowest BCUT2D eigenvalue weighted by Gasteiger charge is -2.10. The van der Waals surface area contributed by atoms with Crippen LogP contribution in [0.25, 0.3) is 0 Å². The molecule has 0 spiro atoms. The van der Waals surface area contributed by atoms with E-state index in [2.05, 4.69) is 39.6 Å². The Morgan fingerprint density at radius 2 is 2.15 bits per heavy atom. The zero-order chi connectivity index (χ0) is 14.5. The summed E-state index contributed by atoms with van der Waals surface area (Å²) in [6, 6.07) is 5.93. The van der Waals surface area contributed by atoms with Crippen LogP contribution in [-0.2, 0) is 19.5 Å². The summed E-state index contributed by atoms with van der Waals surface area (Å²) in [4.78, 5) is 1.39. The van der Waals surface area contributed by atoms with E-state index >= 15 is 0 Å². The van der Waals surface area contributed by atoms with Crippen LogP contribution in [0.2, 0.25) is 0 Å². The molecular formula is C15H18BrNO2S. The molecule has 0 atom stereocenters. The van der Waals surface area contributed by atoms with Crippen LogP contribution in [0.5, 0.6) is 11.5 Å². The highest BCUT2D eigenvalue weighted by Gasteiger charge is 2.08. The van der Waals surface area contributed by atoms with Crippen molar-refractivity contribution in [3.63, 3.8) is 0 Å². The molecule has 0 bridgehead atoms. The number of phenols is 1. The van der Waals surface area contributed by atoms with Crippen LogP contribution < -0.4 is 10.1 Å². The van der Waals surface area contributed by atoms with Gasteiger partial charge in [-0.05, 0) is 57.1 Å². The molecule has 0 saturated heterocycles. The third-order valence-corrected chi connectivity index (χ3v) is 4.71. The number of hydrogen-bond acceptors (Lipinski definition) is 4. The van der Waals surface area contributed by atoms with Gasteiger partial charge in [-0.1, -0.05) is 6.92 Å². The largest absolute Gasteiger partial charge is 0.503 e. The number of phenolic OH excluding ortho intramolecular Hbond substituents is 1. The van der Waals surface area contributed by atoms with E-state index in [0.717, 1.165) is 25.1 Å². The Labute approximate surface area is 131 Å². The Hall–Kier alpha value is -1.04. The summed E-state index contributed by atoms with van der Waals surface area (Å²) in [7, 11) is 1.55. The second-order valence-electron chi connectivity index (χ2n) is 4.45. The van der Waals surface area contributed by atoms with Crippen molar-refractivity contribution < 1.29 is 9.84 Å². The summed E-state index contributed by atoms with van der Waals surface area (Å²) in [5, 5.41) is 15.3. The molecule has 0 unspecified atom stereocenters. The van der Waals surface area contributed by atoms with Gasteiger partial charge in [-0.15, -0.1) is 11.3 Å². The van der Waals surface area contributed by atoms with Crippen LogP contribution in [0.15, 0.2) is 28.1 Å². The average molecular weight is 356 g/mol. The van der Waals surface area contributed by atoms with Gasteiger partial charge in [0.25, 0.3) is 0 Å². The van der Waals surface area contributed by atoms with E-state index in [1.165, 1.54) is 10.4 Å². The van der Waals surface area contributed by atoms with Crippen LogP contribution >= 0.6 is 27.3 Å². The monoisotopic (exact) mass is 355 g/mol. The Morgan fingerprint density at radius 1 is 1.35 bits per heavy atom. The van der Waals surface area contributed by atoms with Gasteiger partial charge in [0, 0.05) is 18.0 Å². The lowest BCUT2D eigenvalue weighted by molar-refractivity contribution is 0.371. The Kier molecular flexibility index (Phi) is 5.46. The van der Waals surface area contributed by atoms with E-state index in [0.29, 0.717) is 10.2 Å². The van der Waals surface area contributed by atoms with Crippen LogP contribution in [0.3, 0.4) is 0 Å². The molecule has 0 aliphatic heterocycles. The molecule has 20 heavy (non-hydrogen) atoms. The number of nitrogens with one attached hydrogen (secondary N) is 1. The van der Waals surface area contributed by atoms with Crippen molar-refractivity contribution in [3.05, 3.63) is 44.1 Å². The minimum atomic E-state index is 0.141. The Morgan fingerprint density at radius 3 is 2.85 bits per heavy atom. The molecular weight excluding hydrogens is 338 g/mol. The molecule has 1 heterocycles. The smallest absolute Gasteiger partial charge is 0.172 e. The number of aromatic hydroxyl groups is 1. The maximum Gasteiger partial charge on any atom is 0.172 e. The minimum Gasteiger partial charge on any atom is -0.503 e. The van der Waals surface area contributed by atoms with Crippen molar-refractivity contribution in [3.8, 4) is 11.5 Å². The number of hydrogen-bond donors (Lipinski definition) is 2. The van der Waals surface area contributed by atoms with E-state index in [4.69, 9.17) is 4.74 Å². The molecule has 0 radical (unpaired) electrons. The van der Waals surface area contributed by atoms with Crippen molar-refractivity contribution in [2.24, 2.45) is 0 Å². The van der Waals surface area contributed by atoms with Crippen molar-refractivity contribution in [1.29, 1.82) is 0 Å². The van der Waals surface area contributed by atoms with Gasteiger partial charge in [0.1, 0.15) is 0 Å². The molecule has 108 valence electrons. The third kappa shape index (κ3) is 3.53.